The van der Waals surface area contributed by atoms with E-state index in [0.29, 0.717) is 0 Å². The molecule has 0 aliphatic rings. The number of rotatable bonds is 4. The Bertz CT molecular complexity index is 758. The van der Waals surface area contributed by atoms with Gasteiger partial charge in [0.05, 0.1) is 4.92 Å². The van der Waals surface area contributed by atoms with Crippen molar-refractivity contribution in [3.8, 4) is 0 Å². The molecule has 1 aromatic carbocycles. The van der Waals surface area contributed by atoms with Crippen LogP contribution in [0.25, 0.3) is 6.08 Å². The Kier molecular flexibility index (Phi) is 5.08. The number of amides is 1. The molecule has 1 aromatic heterocycles. The summed E-state index contributed by atoms with van der Waals surface area (Å²) in [6.07, 6.45) is 4.20. The summed E-state index contributed by atoms with van der Waals surface area (Å²) in [7, 11) is 0. The number of benzene rings is 1. The quantitative estimate of drug-likeness (QED) is 0.524. The number of hydrogen-bond acceptors (Lipinski definition) is 4. The van der Waals surface area contributed by atoms with E-state index in [9.17, 15) is 14.9 Å². The zero-order chi connectivity index (χ0) is 17.7. The predicted octanol–water partition coefficient (Wildman–Crippen LogP) is 3.94. The number of anilines is 1. The van der Waals surface area contributed by atoms with Crippen molar-refractivity contribution in [2.75, 3.05) is 5.32 Å². The lowest BCUT2D eigenvalue weighted by molar-refractivity contribution is -0.385. The first-order valence-corrected chi connectivity index (χ1v) is 7.46. The number of hydrogen-bond donors (Lipinski definition) is 1. The van der Waals surface area contributed by atoms with Crippen LogP contribution in [0.15, 0.2) is 48.7 Å². The van der Waals surface area contributed by atoms with E-state index in [0.717, 1.165) is 11.8 Å². The second-order valence-corrected chi connectivity index (χ2v) is 6.35. The lowest BCUT2D eigenvalue weighted by Gasteiger charge is -2.18. The molecule has 6 nitrogen and oxygen atoms in total. The Balaban J connectivity index is 1.98. The van der Waals surface area contributed by atoms with Gasteiger partial charge in [0.25, 0.3) is 5.69 Å². The standard InChI is InChI=1S/C18H19N3O3/c1-18(2,3)14-7-4-13(5-8-14)6-11-17(22)20-16-10-9-15(12-19-16)21(23)24/h4-12H,1-3H3,(H,19,20,22). The summed E-state index contributed by atoms with van der Waals surface area (Å²) in [4.78, 5) is 25.7. The van der Waals surface area contributed by atoms with Crippen LogP contribution in [0.4, 0.5) is 11.5 Å². The van der Waals surface area contributed by atoms with Gasteiger partial charge in [-0.1, -0.05) is 45.0 Å². The largest absolute Gasteiger partial charge is 0.307 e. The molecule has 1 amide bonds. The molecule has 2 aromatic rings. The highest BCUT2D eigenvalue weighted by Gasteiger charge is 2.12. The second-order valence-electron chi connectivity index (χ2n) is 6.35. The number of nitrogens with one attached hydrogen (secondary N) is 1. The van der Waals surface area contributed by atoms with Gasteiger partial charge in [0, 0.05) is 12.1 Å². The number of carbonyl (C=O) groups excluding carboxylic acids is 1. The topological polar surface area (TPSA) is 85.1 Å². The van der Waals surface area contributed by atoms with E-state index >= 15 is 0 Å². The molecule has 0 saturated heterocycles. The van der Waals surface area contributed by atoms with Crippen LogP contribution in [0.1, 0.15) is 31.9 Å². The second kappa shape index (κ2) is 7.04. The van der Waals surface area contributed by atoms with Gasteiger partial charge in [-0.25, -0.2) is 4.98 Å². The van der Waals surface area contributed by atoms with Gasteiger partial charge in [0.1, 0.15) is 12.0 Å². The molecule has 124 valence electrons. The molecule has 0 atom stereocenters. The van der Waals surface area contributed by atoms with Crippen LogP contribution < -0.4 is 5.32 Å². The number of pyridine rings is 1. The summed E-state index contributed by atoms with van der Waals surface area (Å²) >= 11 is 0. The Morgan fingerprint density at radius 2 is 1.83 bits per heavy atom. The molecule has 0 unspecified atom stereocenters. The minimum Gasteiger partial charge on any atom is -0.307 e. The van der Waals surface area contributed by atoms with Crippen LogP contribution in [0, 0.1) is 10.1 Å². The van der Waals surface area contributed by atoms with Crippen molar-refractivity contribution in [2.24, 2.45) is 0 Å². The van der Waals surface area contributed by atoms with Crippen molar-refractivity contribution in [3.05, 3.63) is 69.9 Å². The third-order valence-corrected chi connectivity index (χ3v) is 3.41. The summed E-state index contributed by atoms with van der Waals surface area (Å²) in [6.45, 7) is 6.42. The SMILES string of the molecule is CC(C)(C)c1ccc(C=CC(=O)Nc2ccc([N+](=O)[O-])cn2)cc1. The Morgan fingerprint density at radius 1 is 1.17 bits per heavy atom. The first kappa shape index (κ1) is 17.3. The lowest BCUT2D eigenvalue weighted by Crippen LogP contribution is -2.10. The van der Waals surface area contributed by atoms with Crippen molar-refractivity contribution in [2.45, 2.75) is 26.2 Å². The van der Waals surface area contributed by atoms with Crippen LogP contribution in [-0.4, -0.2) is 15.8 Å². The van der Waals surface area contributed by atoms with Gasteiger partial charge in [-0.3, -0.25) is 14.9 Å². The van der Waals surface area contributed by atoms with Gasteiger partial charge < -0.3 is 5.32 Å². The number of nitrogens with zero attached hydrogens (tertiary/aromatic N) is 2. The van der Waals surface area contributed by atoms with Crippen molar-refractivity contribution >= 4 is 23.5 Å². The Labute approximate surface area is 140 Å². The maximum atomic E-state index is 11.9. The van der Waals surface area contributed by atoms with Crippen LogP contribution in [0.3, 0.4) is 0 Å². The number of nitro groups is 1. The third kappa shape index (κ3) is 4.74. The van der Waals surface area contributed by atoms with Gasteiger partial charge >= 0.3 is 0 Å². The predicted molar refractivity (Wildman–Crippen MR) is 93.7 cm³/mol. The number of aromatic nitrogens is 1. The van der Waals surface area contributed by atoms with E-state index in [2.05, 4.69) is 31.1 Å². The average molecular weight is 325 g/mol. The smallest absolute Gasteiger partial charge is 0.287 e. The summed E-state index contributed by atoms with van der Waals surface area (Å²) in [6, 6.07) is 10.7. The van der Waals surface area contributed by atoms with Crippen LogP contribution in [0.5, 0.6) is 0 Å². The van der Waals surface area contributed by atoms with Gasteiger partial charge in [-0.2, -0.15) is 0 Å². The molecule has 1 N–H and O–H groups in total. The van der Waals surface area contributed by atoms with E-state index in [1.165, 1.54) is 23.8 Å². The molecule has 2 rings (SSSR count). The molecular formula is C18H19N3O3. The molecule has 0 aliphatic carbocycles. The summed E-state index contributed by atoms with van der Waals surface area (Å²) in [5, 5.41) is 13.1. The van der Waals surface area contributed by atoms with Gasteiger partial charge in [0.15, 0.2) is 0 Å². The normalized spacial score (nSPS) is 11.5. The van der Waals surface area contributed by atoms with E-state index in [1.807, 2.05) is 24.3 Å². The lowest BCUT2D eigenvalue weighted by atomic mass is 9.87. The summed E-state index contributed by atoms with van der Waals surface area (Å²) in [5.74, 6) is -0.0884. The van der Waals surface area contributed by atoms with Crippen LogP contribution >= 0.6 is 0 Å². The molecule has 6 heteroatoms. The monoisotopic (exact) mass is 325 g/mol. The summed E-state index contributed by atoms with van der Waals surface area (Å²) in [5.41, 5.74) is 2.10. The van der Waals surface area contributed by atoms with E-state index < -0.39 is 4.92 Å². The minimum atomic E-state index is -0.542. The fraction of sp³-hybridized carbons (Fsp3) is 0.222. The zero-order valence-electron chi connectivity index (χ0n) is 13.8. The first-order valence-electron chi connectivity index (χ1n) is 7.46. The molecule has 0 spiro atoms. The van der Waals surface area contributed by atoms with E-state index in [1.54, 1.807) is 6.08 Å². The minimum absolute atomic E-state index is 0.0845. The van der Waals surface area contributed by atoms with Crippen molar-refractivity contribution < 1.29 is 9.72 Å². The van der Waals surface area contributed by atoms with Gasteiger partial charge in [-0.05, 0) is 28.7 Å². The molecule has 0 saturated carbocycles. The number of carbonyl (C=O) groups is 1. The van der Waals surface area contributed by atoms with Gasteiger partial charge in [0.2, 0.25) is 5.91 Å². The molecule has 0 fully saturated rings. The van der Waals surface area contributed by atoms with Crippen molar-refractivity contribution in [1.82, 2.24) is 4.98 Å². The summed E-state index contributed by atoms with van der Waals surface area (Å²) < 4.78 is 0. The molecule has 24 heavy (non-hydrogen) atoms. The average Bonchev–Trinajstić information content (AvgIpc) is 2.53. The fourth-order valence-corrected chi connectivity index (χ4v) is 2.00. The van der Waals surface area contributed by atoms with E-state index in [4.69, 9.17) is 0 Å². The van der Waals surface area contributed by atoms with Crippen molar-refractivity contribution in [3.63, 3.8) is 0 Å². The highest BCUT2D eigenvalue weighted by molar-refractivity contribution is 6.01. The van der Waals surface area contributed by atoms with Gasteiger partial charge in [-0.15, -0.1) is 0 Å². The Morgan fingerprint density at radius 3 is 2.33 bits per heavy atom. The maximum absolute atomic E-state index is 11.9. The highest BCUT2D eigenvalue weighted by Crippen LogP contribution is 2.22. The molecule has 0 radical (unpaired) electrons. The molecule has 1 heterocycles. The van der Waals surface area contributed by atoms with Crippen molar-refractivity contribution in [1.29, 1.82) is 0 Å². The molecular weight excluding hydrogens is 306 g/mol. The zero-order valence-corrected chi connectivity index (χ0v) is 13.8. The van der Waals surface area contributed by atoms with E-state index in [-0.39, 0.29) is 22.8 Å². The molecule has 0 aliphatic heterocycles. The third-order valence-electron chi connectivity index (χ3n) is 3.41. The first-order chi connectivity index (χ1) is 11.3. The van der Waals surface area contributed by atoms with Crippen LogP contribution in [0.2, 0.25) is 0 Å². The van der Waals surface area contributed by atoms with Crippen LogP contribution in [-0.2, 0) is 10.2 Å². The Hall–Kier alpha value is -3.02. The fourth-order valence-electron chi connectivity index (χ4n) is 2.00. The highest BCUT2D eigenvalue weighted by atomic mass is 16.6. The maximum Gasteiger partial charge on any atom is 0.287 e. The molecule has 0 bridgehead atoms.